The zero-order valence-corrected chi connectivity index (χ0v) is 11.7. The number of benzene rings is 1. The first-order valence-electron chi connectivity index (χ1n) is 6.40. The maximum Gasteiger partial charge on any atom is 0.417 e. The van der Waals surface area contributed by atoms with Gasteiger partial charge in [0.15, 0.2) is 0 Å². The van der Waals surface area contributed by atoms with Gasteiger partial charge in [0, 0.05) is 30.1 Å². The Hall–Kier alpha value is -1.95. The largest absolute Gasteiger partial charge is 0.417 e. The number of anilines is 1. The smallest absolute Gasteiger partial charge is 0.350 e. The minimum absolute atomic E-state index is 0.156. The number of alkyl halides is 3. The number of rotatable bonds is 1. The topological polar surface area (TPSA) is 24.9 Å². The van der Waals surface area contributed by atoms with Crippen LogP contribution in [0.25, 0.3) is 11.1 Å². The number of nitrogens with one attached hydrogen (secondary N) is 1. The van der Waals surface area contributed by atoms with Crippen molar-refractivity contribution in [3.8, 4) is 11.1 Å². The summed E-state index contributed by atoms with van der Waals surface area (Å²) in [6.07, 6.45) is -0.712. The Balaban J connectivity index is 2.25. The van der Waals surface area contributed by atoms with E-state index in [1.54, 1.807) is 18.2 Å². The van der Waals surface area contributed by atoms with E-state index in [2.05, 4.69) is 10.3 Å². The van der Waals surface area contributed by atoms with Gasteiger partial charge < -0.3 is 5.32 Å². The molecule has 0 saturated carbocycles. The second-order valence-corrected chi connectivity index (χ2v) is 5.29. The van der Waals surface area contributed by atoms with Crippen LogP contribution in [-0.4, -0.2) is 9.97 Å². The van der Waals surface area contributed by atoms with Gasteiger partial charge in [0.25, 0.3) is 0 Å². The third-order valence-corrected chi connectivity index (χ3v) is 3.75. The third kappa shape index (κ3) is 2.63. The average molecular weight is 308 g/mol. The Labute approximate surface area is 125 Å². The number of thiocarbonyl (C=S) groups is 1. The molecule has 0 spiro atoms. The molecule has 0 amide bonds. The molecular weight excluding hydrogens is 297 g/mol. The first-order valence-corrected chi connectivity index (χ1v) is 6.81. The fourth-order valence-corrected chi connectivity index (χ4v) is 2.77. The van der Waals surface area contributed by atoms with Crippen LogP contribution >= 0.6 is 12.2 Å². The van der Waals surface area contributed by atoms with Crippen LogP contribution in [0.5, 0.6) is 0 Å². The van der Waals surface area contributed by atoms with Gasteiger partial charge in [0.05, 0.1) is 10.6 Å². The molecule has 0 bridgehead atoms. The van der Waals surface area contributed by atoms with Crippen molar-refractivity contribution >= 4 is 22.9 Å². The highest BCUT2D eigenvalue weighted by Crippen LogP contribution is 2.43. The van der Waals surface area contributed by atoms with Crippen LogP contribution in [0.2, 0.25) is 0 Å². The predicted molar refractivity (Wildman–Crippen MR) is 79.2 cm³/mol. The number of hydrogen-bond donors (Lipinski definition) is 1. The molecule has 2 aromatic rings. The lowest BCUT2D eigenvalue weighted by atomic mass is 9.90. The van der Waals surface area contributed by atoms with Gasteiger partial charge >= 0.3 is 6.18 Å². The van der Waals surface area contributed by atoms with Crippen molar-refractivity contribution in [1.29, 1.82) is 0 Å². The van der Waals surface area contributed by atoms with Crippen LogP contribution in [0.1, 0.15) is 17.5 Å². The van der Waals surface area contributed by atoms with E-state index >= 15 is 0 Å². The molecule has 3 rings (SSSR count). The molecule has 0 radical (unpaired) electrons. The van der Waals surface area contributed by atoms with Gasteiger partial charge in [-0.1, -0.05) is 24.4 Å². The van der Waals surface area contributed by atoms with Crippen molar-refractivity contribution in [3.63, 3.8) is 0 Å². The normalized spacial score (nSPS) is 14.5. The lowest BCUT2D eigenvalue weighted by Gasteiger charge is -2.25. The van der Waals surface area contributed by atoms with Gasteiger partial charge in [0.1, 0.15) is 0 Å². The lowest BCUT2D eigenvalue weighted by molar-refractivity contribution is -0.137. The summed E-state index contributed by atoms with van der Waals surface area (Å²) < 4.78 is 40.6. The van der Waals surface area contributed by atoms with E-state index in [-0.39, 0.29) is 11.1 Å². The second kappa shape index (κ2) is 5.11. The first-order chi connectivity index (χ1) is 9.97. The maximum absolute atomic E-state index is 13.5. The lowest BCUT2D eigenvalue weighted by Crippen LogP contribution is -2.22. The van der Waals surface area contributed by atoms with Crippen LogP contribution in [0, 0.1) is 0 Å². The molecule has 0 fully saturated rings. The molecule has 2 nitrogen and oxygen atoms in total. The molecule has 0 aliphatic carbocycles. The van der Waals surface area contributed by atoms with E-state index in [1.807, 2.05) is 0 Å². The third-order valence-electron chi connectivity index (χ3n) is 3.45. The van der Waals surface area contributed by atoms with Crippen LogP contribution in [-0.2, 0) is 12.6 Å². The molecule has 1 N–H and O–H groups in total. The minimum Gasteiger partial charge on any atom is -0.350 e. The molecule has 1 aromatic carbocycles. The number of aromatic nitrogens is 1. The Morgan fingerprint density at radius 2 is 1.95 bits per heavy atom. The van der Waals surface area contributed by atoms with Crippen molar-refractivity contribution in [2.45, 2.75) is 19.0 Å². The summed E-state index contributed by atoms with van der Waals surface area (Å²) in [5.74, 6) is 0. The molecule has 1 aliphatic rings. The van der Waals surface area contributed by atoms with Crippen molar-refractivity contribution in [2.24, 2.45) is 0 Å². The van der Waals surface area contributed by atoms with Crippen molar-refractivity contribution in [2.75, 3.05) is 5.32 Å². The highest BCUT2D eigenvalue weighted by atomic mass is 32.1. The van der Waals surface area contributed by atoms with Crippen molar-refractivity contribution in [3.05, 3.63) is 47.8 Å². The van der Waals surface area contributed by atoms with Crippen molar-refractivity contribution < 1.29 is 13.2 Å². The van der Waals surface area contributed by atoms with Crippen LogP contribution in [0.4, 0.5) is 18.9 Å². The molecule has 1 aliphatic heterocycles. The molecule has 0 unspecified atom stereocenters. The Kier molecular flexibility index (Phi) is 3.41. The van der Waals surface area contributed by atoms with Crippen LogP contribution in [0.15, 0.2) is 36.7 Å². The second-order valence-electron chi connectivity index (χ2n) is 4.80. The SMILES string of the molecule is FC(F)(F)c1c(-c2cccnc2)ccc2c1CCC(=S)N2. The predicted octanol–water partition coefficient (Wildman–Crippen LogP) is 4.45. The van der Waals surface area contributed by atoms with Gasteiger partial charge in [-0.2, -0.15) is 13.2 Å². The van der Waals surface area contributed by atoms with E-state index in [0.717, 1.165) is 0 Å². The molecule has 2 heterocycles. The standard InChI is InChI=1S/C15H11F3N2S/c16-15(17,18)14-10(9-2-1-7-19-8-9)3-5-12-11(14)4-6-13(21)20-12/h1-3,5,7-8H,4,6H2,(H,20,21). The number of pyridine rings is 1. The average Bonchev–Trinajstić information content (AvgIpc) is 2.45. The van der Waals surface area contributed by atoms with E-state index in [0.29, 0.717) is 29.1 Å². The van der Waals surface area contributed by atoms with Gasteiger partial charge in [-0.15, -0.1) is 0 Å². The molecule has 108 valence electrons. The van der Waals surface area contributed by atoms with Crippen molar-refractivity contribution in [1.82, 2.24) is 4.98 Å². The summed E-state index contributed by atoms with van der Waals surface area (Å²) in [5, 5.41) is 2.87. The number of fused-ring (bicyclic) bond motifs is 1. The fourth-order valence-electron chi connectivity index (χ4n) is 2.56. The van der Waals surface area contributed by atoms with Crippen LogP contribution < -0.4 is 5.32 Å². The summed E-state index contributed by atoms with van der Waals surface area (Å²) in [6.45, 7) is 0. The summed E-state index contributed by atoms with van der Waals surface area (Å²) in [5.41, 5.74) is 0.747. The Morgan fingerprint density at radius 1 is 1.14 bits per heavy atom. The molecule has 0 saturated heterocycles. The Bertz CT molecular complexity index is 696. The molecule has 21 heavy (non-hydrogen) atoms. The number of halogens is 3. The number of nitrogens with zero attached hydrogens (tertiary/aromatic N) is 1. The van der Waals surface area contributed by atoms with E-state index in [4.69, 9.17) is 12.2 Å². The van der Waals surface area contributed by atoms with E-state index in [9.17, 15) is 13.2 Å². The zero-order chi connectivity index (χ0) is 15.0. The summed E-state index contributed by atoms with van der Waals surface area (Å²) in [6, 6.07) is 6.38. The minimum atomic E-state index is -4.42. The summed E-state index contributed by atoms with van der Waals surface area (Å²) >= 11 is 5.04. The highest BCUT2D eigenvalue weighted by molar-refractivity contribution is 7.80. The fraction of sp³-hybridized carbons (Fsp3) is 0.200. The Morgan fingerprint density at radius 3 is 2.62 bits per heavy atom. The van der Waals surface area contributed by atoms with E-state index < -0.39 is 11.7 Å². The molecule has 6 heteroatoms. The van der Waals surface area contributed by atoms with Crippen LogP contribution in [0.3, 0.4) is 0 Å². The zero-order valence-electron chi connectivity index (χ0n) is 10.9. The van der Waals surface area contributed by atoms with Gasteiger partial charge in [-0.05, 0) is 29.7 Å². The molecule has 0 atom stereocenters. The summed E-state index contributed by atoms with van der Waals surface area (Å²) in [4.78, 5) is 4.48. The molecular formula is C15H11F3N2S. The van der Waals surface area contributed by atoms with Gasteiger partial charge in [-0.3, -0.25) is 4.98 Å². The summed E-state index contributed by atoms with van der Waals surface area (Å²) in [7, 11) is 0. The maximum atomic E-state index is 13.5. The monoisotopic (exact) mass is 308 g/mol. The quantitative estimate of drug-likeness (QED) is 0.788. The van der Waals surface area contributed by atoms with Gasteiger partial charge in [0.2, 0.25) is 0 Å². The van der Waals surface area contributed by atoms with Gasteiger partial charge in [-0.25, -0.2) is 0 Å². The van der Waals surface area contributed by atoms with E-state index in [1.165, 1.54) is 18.5 Å². The number of hydrogen-bond acceptors (Lipinski definition) is 2. The first kappa shape index (κ1) is 14.0. The molecule has 1 aromatic heterocycles. The highest BCUT2D eigenvalue weighted by Gasteiger charge is 2.38.